The molecule has 0 bridgehead atoms. The lowest BCUT2D eigenvalue weighted by molar-refractivity contribution is -0.120. The second-order valence-electron chi connectivity index (χ2n) is 2.64. The molecule has 1 aliphatic heterocycles. The van der Waals surface area contributed by atoms with Gasteiger partial charge in [0.25, 0.3) is 0 Å². The summed E-state index contributed by atoms with van der Waals surface area (Å²) in [6.45, 7) is 1.49. The topological polar surface area (TPSA) is 64.4 Å². The van der Waals surface area contributed by atoms with Gasteiger partial charge in [-0.15, -0.1) is 0 Å². The summed E-state index contributed by atoms with van der Waals surface area (Å²) < 4.78 is 5.29. The molecule has 1 aliphatic rings. The summed E-state index contributed by atoms with van der Waals surface area (Å²) in [5, 5.41) is 2.69. The fourth-order valence-corrected chi connectivity index (χ4v) is 1.11. The molecule has 0 spiro atoms. The zero-order chi connectivity index (χ0) is 8.10. The lowest BCUT2D eigenvalue weighted by Gasteiger charge is -2.09. The third kappa shape index (κ3) is 2.86. The molecule has 4 heteroatoms. The highest BCUT2D eigenvalue weighted by molar-refractivity contribution is 5.77. The first-order chi connectivity index (χ1) is 5.33. The second-order valence-corrected chi connectivity index (χ2v) is 2.64. The molecule has 0 aromatic rings. The molecule has 1 atom stereocenters. The second kappa shape index (κ2) is 4.31. The van der Waals surface area contributed by atoms with Gasteiger partial charge in [-0.3, -0.25) is 4.79 Å². The maximum atomic E-state index is 10.7. The summed E-state index contributed by atoms with van der Waals surface area (Å²) in [4.78, 5) is 10.7. The number of carbonyl (C=O) groups is 1. The van der Waals surface area contributed by atoms with E-state index in [1.165, 1.54) is 0 Å². The molecular weight excluding hydrogens is 144 g/mol. The van der Waals surface area contributed by atoms with Crippen molar-refractivity contribution in [2.75, 3.05) is 19.7 Å². The quantitative estimate of drug-likeness (QED) is 0.567. The maximum Gasteiger partial charge on any atom is 0.233 e. The van der Waals surface area contributed by atoms with Gasteiger partial charge >= 0.3 is 0 Å². The first-order valence-electron chi connectivity index (χ1n) is 3.91. The van der Waals surface area contributed by atoms with Crippen LogP contribution in [0.25, 0.3) is 0 Å². The van der Waals surface area contributed by atoms with Crippen LogP contribution in [0.2, 0.25) is 0 Å². The number of nitrogens with two attached hydrogens (primary N) is 1. The van der Waals surface area contributed by atoms with E-state index in [4.69, 9.17) is 10.5 Å². The van der Waals surface area contributed by atoms with Crippen molar-refractivity contribution in [2.45, 2.75) is 18.9 Å². The molecule has 0 aromatic carbocycles. The van der Waals surface area contributed by atoms with E-state index in [1.54, 1.807) is 0 Å². The number of nitrogens with one attached hydrogen (secondary N) is 1. The Morgan fingerprint density at radius 3 is 3.09 bits per heavy atom. The standard InChI is InChI=1S/C7H14N2O2/c8-4-7(10)9-5-6-2-1-3-11-6/h6H,1-5,8H2,(H,9,10)/t6-/m1/s1. The van der Waals surface area contributed by atoms with Gasteiger partial charge in [-0.05, 0) is 12.8 Å². The molecule has 1 amide bonds. The zero-order valence-corrected chi connectivity index (χ0v) is 6.51. The average Bonchev–Trinajstić information content (AvgIpc) is 2.52. The van der Waals surface area contributed by atoms with Crippen molar-refractivity contribution in [3.05, 3.63) is 0 Å². The summed E-state index contributed by atoms with van der Waals surface area (Å²) in [6, 6.07) is 0. The van der Waals surface area contributed by atoms with Crippen LogP contribution >= 0.6 is 0 Å². The highest BCUT2D eigenvalue weighted by Gasteiger charge is 2.15. The number of hydrogen-bond donors (Lipinski definition) is 2. The molecule has 64 valence electrons. The molecule has 0 aromatic heterocycles. The Kier molecular flexibility index (Phi) is 3.32. The van der Waals surface area contributed by atoms with Crippen molar-refractivity contribution in [2.24, 2.45) is 5.73 Å². The first-order valence-corrected chi connectivity index (χ1v) is 3.91. The molecule has 3 N–H and O–H groups in total. The minimum absolute atomic E-state index is 0.0622. The summed E-state index contributed by atoms with van der Waals surface area (Å²) in [6.07, 6.45) is 2.36. The lowest BCUT2D eigenvalue weighted by atomic mass is 10.2. The van der Waals surface area contributed by atoms with Crippen molar-refractivity contribution >= 4 is 5.91 Å². The number of amides is 1. The molecule has 1 fully saturated rings. The van der Waals surface area contributed by atoms with E-state index >= 15 is 0 Å². The molecule has 1 heterocycles. The van der Waals surface area contributed by atoms with E-state index in [0.717, 1.165) is 19.4 Å². The number of carbonyl (C=O) groups excluding carboxylic acids is 1. The third-order valence-electron chi connectivity index (χ3n) is 1.74. The van der Waals surface area contributed by atoms with Crippen molar-refractivity contribution < 1.29 is 9.53 Å². The van der Waals surface area contributed by atoms with Crippen LogP contribution in [0.3, 0.4) is 0 Å². The molecule has 0 saturated carbocycles. The third-order valence-corrected chi connectivity index (χ3v) is 1.74. The van der Waals surface area contributed by atoms with Crippen molar-refractivity contribution in [1.82, 2.24) is 5.32 Å². The van der Waals surface area contributed by atoms with Crippen LogP contribution in [0.1, 0.15) is 12.8 Å². The SMILES string of the molecule is NCC(=O)NC[C@H]1CCCO1. The van der Waals surface area contributed by atoms with Crippen molar-refractivity contribution in [3.63, 3.8) is 0 Å². The largest absolute Gasteiger partial charge is 0.376 e. The Labute approximate surface area is 66.1 Å². The average molecular weight is 158 g/mol. The van der Waals surface area contributed by atoms with Gasteiger partial charge in [0.05, 0.1) is 12.6 Å². The normalized spacial score (nSPS) is 23.5. The van der Waals surface area contributed by atoms with Gasteiger partial charge in [-0.2, -0.15) is 0 Å². The van der Waals surface area contributed by atoms with Gasteiger partial charge in [0, 0.05) is 13.2 Å². The Bertz CT molecular complexity index is 132. The molecule has 1 rings (SSSR count). The maximum absolute atomic E-state index is 10.7. The number of hydrogen-bond acceptors (Lipinski definition) is 3. The highest BCUT2D eigenvalue weighted by Crippen LogP contribution is 2.10. The Morgan fingerprint density at radius 2 is 2.55 bits per heavy atom. The minimum Gasteiger partial charge on any atom is -0.376 e. The van der Waals surface area contributed by atoms with Gasteiger partial charge in [0.1, 0.15) is 0 Å². The lowest BCUT2D eigenvalue weighted by Crippen LogP contribution is -2.35. The highest BCUT2D eigenvalue weighted by atomic mass is 16.5. The Morgan fingerprint density at radius 1 is 1.73 bits per heavy atom. The van der Waals surface area contributed by atoms with Crippen LogP contribution in [-0.4, -0.2) is 31.7 Å². The number of ether oxygens (including phenoxy) is 1. The van der Waals surface area contributed by atoms with E-state index in [1.807, 2.05) is 0 Å². The van der Waals surface area contributed by atoms with Crippen LogP contribution in [0.4, 0.5) is 0 Å². The van der Waals surface area contributed by atoms with Crippen molar-refractivity contribution in [1.29, 1.82) is 0 Å². The predicted molar refractivity (Wildman–Crippen MR) is 41.0 cm³/mol. The molecular formula is C7H14N2O2. The van der Waals surface area contributed by atoms with Crippen molar-refractivity contribution in [3.8, 4) is 0 Å². The van der Waals surface area contributed by atoms with Gasteiger partial charge < -0.3 is 15.8 Å². The fraction of sp³-hybridized carbons (Fsp3) is 0.857. The summed E-state index contributed by atoms with van der Waals surface area (Å²) in [5.74, 6) is -0.111. The van der Waals surface area contributed by atoms with Gasteiger partial charge in [-0.1, -0.05) is 0 Å². The molecule has 4 nitrogen and oxygen atoms in total. The molecule has 0 aliphatic carbocycles. The molecule has 0 unspecified atom stereocenters. The van der Waals surface area contributed by atoms with Crippen LogP contribution in [0.5, 0.6) is 0 Å². The summed E-state index contributed by atoms with van der Waals surface area (Å²) in [5.41, 5.74) is 5.10. The summed E-state index contributed by atoms with van der Waals surface area (Å²) in [7, 11) is 0. The molecule has 0 radical (unpaired) electrons. The van der Waals surface area contributed by atoms with Gasteiger partial charge in [0.2, 0.25) is 5.91 Å². The van der Waals surface area contributed by atoms with E-state index < -0.39 is 0 Å². The van der Waals surface area contributed by atoms with E-state index in [9.17, 15) is 4.79 Å². The van der Waals surface area contributed by atoms with Crippen LogP contribution in [0, 0.1) is 0 Å². The monoisotopic (exact) mass is 158 g/mol. The Hall–Kier alpha value is -0.610. The van der Waals surface area contributed by atoms with Gasteiger partial charge in [-0.25, -0.2) is 0 Å². The van der Waals surface area contributed by atoms with E-state index in [2.05, 4.69) is 5.32 Å². The number of rotatable bonds is 3. The smallest absolute Gasteiger partial charge is 0.233 e. The minimum atomic E-state index is -0.111. The Balaban J connectivity index is 2.06. The molecule has 11 heavy (non-hydrogen) atoms. The van der Waals surface area contributed by atoms with E-state index in [0.29, 0.717) is 6.54 Å². The fourth-order valence-electron chi connectivity index (χ4n) is 1.11. The van der Waals surface area contributed by atoms with E-state index in [-0.39, 0.29) is 18.6 Å². The molecule has 1 saturated heterocycles. The van der Waals surface area contributed by atoms with Crippen LogP contribution in [0.15, 0.2) is 0 Å². The zero-order valence-electron chi connectivity index (χ0n) is 6.51. The van der Waals surface area contributed by atoms with Crippen LogP contribution < -0.4 is 11.1 Å². The van der Waals surface area contributed by atoms with Gasteiger partial charge in [0.15, 0.2) is 0 Å². The summed E-state index contributed by atoms with van der Waals surface area (Å²) >= 11 is 0. The van der Waals surface area contributed by atoms with Crippen LogP contribution in [-0.2, 0) is 9.53 Å². The first kappa shape index (κ1) is 8.49. The predicted octanol–water partition coefficient (Wildman–Crippen LogP) is -0.760.